The van der Waals surface area contributed by atoms with Crippen LogP contribution >= 0.6 is 11.6 Å². The van der Waals surface area contributed by atoms with Crippen LogP contribution < -0.4 is 0 Å². The Bertz CT molecular complexity index is 724. The second-order valence-corrected chi connectivity index (χ2v) is 5.50. The molecule has 5 heteroatoms. The molecule has 1 aliphatic rings. The molecular weight excluding hydrogens is 284 g/mol. The molecule has 3 rings (SSSR count). The molecule has 0 saturated heterocycles. The highest BCUT2D eigenvalue weighted by Gasteiger charge is 2.17. The Balaban J connectivity index is 2.04. The standard InChI is InChI=1S/C16H15ClN4/c17-14-7-4-3-6-12(14)10-13(11-18)16-20-19-15-8-2-1-5-9-21(15)16/h3-4,6-7,10H,1-2,5,8-9H2/b13-10+. The van der Waals surface area contributed by atoms with Crippen molar-refractivity contribution in [3.8, 4) is 6.07 Å². The van der Waals surface area contributed by atoms with Crippen molar-refractivity contribution in [2.24, 2.45) is 0 Å². The van der Waals surface area contributed by atoms with E-state index in [1.807, 2.05) is 24.3 Å². The van der Waals surface area contributed by atoms with Crippen molar-refractivity contribution in [2.75, 3.05) is 0 Å². The third-order valence-electron chi connectivity index (χ3n) is 3.68. The van der Waals surface area contributed by atoms with E-state index >= 15 is 0 Å². The van der Waals surface area contributed by atoms with Gasteiger partial charge in [-0.15, -0.1) is 10.2 Å². The van der Waals surface area contributed by atoms with Gasteiger partial charge in [0.2, 0.25) is 0 Å². The molecule has 0 amide bonds. The first-order valence-corrected chi connectivity index (χ1v) is 7.46. The summed E-state index contributed by atoms with van der Waals surface area (Å²) in [7, 11) is 0. The molecule has 0 fully saturated rings. The molecule has 0 atom stereocenters. The van der Waals surface area contributed by atoms with Crippen LogP contribution in [0.2, 0.25) is 5.02 Å². The van der Waals surface area contributed by atoms with E-state index in [2.05, 4.69) is 20.8 Å². The van der Waals surface area contributed by atoms with Crippen LogP contribution in [0, 0.1) is 11.3 Å². The quantitative estimate of drug-likeness (QED) is 0.794. The molecule has 4 nitrogen and oxygen atoms in total. The number of nitriles is 1. The Morgan fingerprint density at radius 1 is 1.24 bits per heavy atom. The van der Waals surface area contributed by atoms with Crippen LogP contribution in [0.4, 0.5) is 0 Å². The van der Waals surface area contributed by atoms with Gasteiger partial charge in [0, 0.05) is 18.0 Å². The summed E-state index contributed by atoms with van der Waals surface area (Å²) in [5, 5.41) is 18.6. The Morgan fingerprint density at radius 2 is 2.10 bits per heavy atom. The topological polar surface area (TPSA) is 54.5 Å². The van der Waals surface area contributed by atoms with Crippen molar-refractivity contribution in [3.05, 3.63) is 46.5 Å². The van der Waals surface area contributed by atoms with Crippen molar-refractivity contribution < 1.29 is 0 Å². The van der Waals surface area contributed by atoms with Gasteiger partial charge in [-0.1, -0.05) is 36.2 Å². The highest BCUT2D eigenvalue weighted by Crippen LogP contribution is 2.24. The number of nitrogens with zero attached hydrogens (tertiary/aromatic N) is 4. The van der Waals surface area contributed by atoms with E-state index in [-0.39, 0.29) is 0 Å². The predicted molar refractivity (Wildman–Crippen MR) is 82.5 cm³/mol. The first kappa shape index (κ1) is 13.8. The number of rotatable bonds is 2. The number of aryl methyl sites for hydroxylation is 1. The lowest BCUT2D eigenvalue weighted by molar-refractivity contribution is 0.627. The third kappa shape index (κ3) is 2.84. The Kier molecular flexibility index (Phi) is 4.03. The largest absolute Gasteiger partial charge is 0.310 e. The summed E-state index contributed by atoms with van der Waals surface area (Å²) in [6.45, 7) is 0.874. The van der Waals surface area contributed by atoms with Gasteiger partial charge >= 0.3 is 0 Å². The highest BCUT2D eigenvalue weighted by molar-refractivity contribution is 6.32. The predicted octanol–water partition coefficient (Wildman–Crippen LogP) is 3.72. The minimum Gasteiger partial charge on any atom is -0.310 e. The van der Waals surface area contributed by atoms with Crippen LogP contribution in [0.5, 0.6) is 0 Å². The molecule has 2 heterocycles. The molecule has 1 aromatic heterocycles. The third-order valence-corrected chi connectivity index (χ3v) is 4.02. The average molecular weight is 299 g/mol. The van der Waals surface area contributed by atoms with E-state index in [4.69, 9.17) is 11.6 Å². The molecule has 0 radical (unpaired) electrons. The van der Waals surface area contributed by atoms with Crippen molar-refractivity contribution in [2.45, 2.75) is 32.2 Å². The maximum Gasteiger partial charge on any atom is 0.174 e. The summed E-state index contributed by atoms with van der Waals surface area (Å²) < 4.78 is 2.07. The van der Waals surface area contributed by atoms with E-state index in [9.17, 15) is 5.26 Å². The minimum absolute atomic E-state index is 0.503. The van der Waals surface area contributed by atoms with Gasteiger partial charge in [0.25, 0.3) is 0 Å². The number of hydrogen-bond acceptors (Lipinski definition) is 3. The summed E-state index contributed by atoms with van der Waals surface area (Å²) in [4.78, 5) is 0. The van der Waals surface area contributed by atoms with Gasteiger partial charge in [-0.25, -0.2) is 0 Å². The van der Waals surface area contributed by atoms with E-state index in [0.717, 1.165) is 37.2 Å². The van der Waals surface area contributed by atoms with E-state index in [0.29, 0.717) is 16.4 Å². The van der Waals surface area contributed by atoms with Crippen LogP contribution in [-0.4, -0.2) is 14.8 Å². The van der Waals surface area contributed by atoms with Gasteiger partial charge < -0.3 is 4.57 Å². The van der Waals surface area contributed by atoms with Crippen LogP contribution in [0.1, 0.15) is 36.5 Å². The number of aromatic nitrogens is 3. The molecule has 0 bridgehead atoms. The number of halogens is 1. The Morgan fingerprint density at radius 3 is 2.90 bits per heavy atom. The monoisotopic (exact) mass is 298 g/mol. The second-order valence-electron chi connectivity index (χ2n) is 5.09. The number of benzene rings is 1. The van der Waals surface area contributed by atoms with E-state index in [1.165, 1.54) is 6.42 Å². The lowest BCUT2D eigenvalue weighted by Crippen LogP contribution is -2.05. The molecular formula is C16H15ClN4. The summed E-state index contributed by atoms with van der Waals surface area (Å²) in [5.74, 6) is 1.62. The zero-order valence-electron chi connectivity index (χ0n) is 11.6. The van der Waals surface area contributed by atoms with E-state index in [1.54, 1.807) is 6.08 Å². The van der Waals surface area contributed by atoms with E-state index < -0.39 is 0 Å². The van der Waals surface area contributed by atoms with Crippen LogP contribution in [0.3, 0.4) is 0 Å². The molecule has 0 N–H and O–H groups in total. The molecule has 1 aliphatic heterocycles. The fourth-order valence-electron chi connectivity index (χ4n) is 2.58. The zero-order chi connectivity index (χ0) is 14.7. The van der Waals surface area contributed by atoms with Crippen molar-refractivity contribution in [1.82, 2.24) is 14.8 Å². The van der Waals surface area contributed by atoms with Crippen LogP contribution in [0.25, 0.3) is 11.6 Å². The maximum atomic E-state index is 9.48. The molecule has 106 valence electrons. The summed E-state index contributed by atoms with van der Waals surface area (Å²) in [5.41, 5.74) is 1.32. The van der Waals surface area contributed by atoms with Gasteiger partial charge in [0.1, 0.15) is 11.9 Å². The first-order valence-electron chi connectivity index (χ1n) is 7.08. The smallest absolute Gasteiger partial charge is 0.174 e. The van der Waals surface area contributed by atoms with Crippen LogP contribution in [-0.2, 0) is 13.0 Å². The molecule has 0 saturated carbocycles. The molecule has 0 aliphatic carbocycles. The number of hydrogen-bond donors (Lipinski definition) is 0. The lowest BCUT2D eigenvalue weighted by Gasteiger charge is -2.06. The van der Waals surface area contributed by atoms with Crippen molar-refractivity contribution >= 4 is 23.3 Å². The molecule has 0 spiro atoms. The lowest BCUT2D eigenvalue weighted by atomic mass is 10.1. The van der Waals surface area contributed by atoms with Gasteiger partial charge in [0.15, 0.2) is 5.82 Å². The zero-order valence-corrected chi connectivity index (χ0v) is 12.3. The second kappa shape index (κ2) is 6.11. The SMILES string of the molecule is N#C/C(=C\c1ccccc1Cl)c1nnc2n1CCCCC2. The Hall–Kier alpha value is -2.12. The summed E-state index contributed by atoms with van der Waals surface area (Å²) >= 11 is 6.16. The van der Waals surface area contributed by atoms with Crippen molar-refractivity contribution in [1.29, 1.82) is 5.26 Å². The van der Waals surface area contributed by atoms with Gasteiger partial charge in [0.05, 0.1) is 5.57 Å². The highest BCUT2D eigenvalue weighted by atomic mass is 35.5. The average Bonchev–Trinajstić information content (AvgIpc) is 2.75. The molecule has 1 aromatic carbocycles. The van der Waals surface area contributed by atoms with Gasteiger partial charge in [-0.05, 0) is 30.5 Å². The Labute approximate surface area is 128 Å². The maximum absolute atomic E-state index is 9.48. The molecule has 0 unspecified atom stereocenters. The van der Waals surface area contributed by atoms with Crippen molar-refractivity contribution in [3.63, 3.8) is 0 Å². The first-order chi connectivity index (χ1) is 10.3. The van der Waals surface area contributed by atoms with Gasteiger partial charge in [-0.3, -0.25) is 0 Å². The molecule has 21 heavy (non-hydrogen) atoms. The fraction of sp³-hybridized carbons (Fsp3) is 0.312. The summed E-state index contributed by atoms with van der Waals surface area (Å²) in [6, 6.07) is 9.70. The van der Waals surface area contributed by atoms with Gasteiger partial charge in [-0.2, -0.15) is 5.26 Å². The number of fused-ring (bicyclic) bond motifs is 1. The normalized spacial score (nSPS) is 15.1. The molecule has 2 aromatic rings. The summed E-state index contributed by atoms with van der Waals surface area (Å²) in [6.07, 6.45) is 6.14. The fourth-order valence-corrected chi connectivity index (χ4v) is 2.77. The number of allylic oxidation sites excluding steroid dienone is 1. The minimum atomic E-state index is 0.503. The van der Waals surface area contributed by atoms with Crippen LogP contribution in [0.15, 0.2) is 24.3 Å².